The van der Waals surface area contributed by atoms with Crippen LogP contribution in [0.2, 0.25) is 0 Å². The fraction of sp³-hybridized carbons (Fsp3) is 0.222. The lowest BCUT2D eigenvalue weighted by atomic mass is 10.1. The lowest BCUT2D eigenvalue weighted by Crippen LogP contribution is -2.24. The van der Waals surface area contributed by atoms with E-state index in [-0.39, 0.29) is 30.2 Å². The third kappa shape index (κ3) is 5.34. The van der Waals surface area contributed by atoms with Crippen molar-refractivity contribution in [3.05, 3.63) is 52.3 Å². The molecule has 1 amide bonds. The maximum absolute atomic E-state index is 12.3. The topological polar surface area (TPSA) is 113 Å². The molecule has 0 aliphatic carbocycles. The number of carbonyl (C=O) groups is 1. The average Bonchev–Trinajstić information content (AvgIpc) is 2.69. The van der Waals surface area contributed by atoms with E-state index < -0.39 is 16.5 Å². The van der Waals surface area contributed by atoms with Crippen LogP contribution < -0.4 is 19.5 Å². The lowest BCUT2D eigenvalue weighted by molar-refractivity contribution is -0.385. The molecule has 2 rings (SSSR count). The predicted molar refractivity (Wildman–Crippen MR) is 96.0 cm³/mol. The molecule has 2 aromatic rings. The summed E-state index contributed by atoms with van der Waals surface area (Å²) in [5.41, 5.74) is -0.538. The van der Waals surface area contributed by atoms with Crippen LogP contribution in [0.1, 0.15) is 10.4 Å². The number of hydrogen-bond acceptors (Lipinski definition) is 7. The van der Waals surface area contributed by atoms with Gasteiger partial charge in [-0.1, -0.05) is 11.8 Å². The molecule has 1 heterocycles. The number of nitro benzene ring substituents is 1. The van der Waals surface area contributed by atoms with Gasteiger partial charge in [-0.05, 0) is 12.1 Å². The molecule has 1 aromatic carbocycles. The Bertz CT molecular complexity index is 874. The number of ether oxygens (including phenoxy) is 3. The number of nitrogens with one attached hydrogen (secondary N) is 1. The second-order valence-electron chi connectivity index (χ2n) is 5.00. The Labute approximate surface area is 155 Å². The number of aromatic nitrogens is 1. The molecule has 27 heavy (non-hydrogen) atoms. The Balaban J connectivity index is 1.99. The summed E-state index contributed by atoms with van der Waals surface area (Å²) in [5.74, 6) is 5.73. The van der Waals surface area contributed by atoms with E-state index in [2.05, 4.69) is 22.1 Å². The number of rotatable bonds is 7. The Morgan fingerprint density at radius 2 is 2.00 bits per heavy atom. The van der Waals surface area contributed by atoms with Crippen LogP contribution in [0.5, 0.6) is 17.2 Å². The van der Waals surface area contributed by atoms with Crippen LogP contribution in [0.4, 0.5) is 5.69 Å². The number of carbonyl (C=O) groups excluding carboxylic acids is 1. The number of nitro groups is 1. The predicted octanol–water partition coefficient (Wildman–Crippen LogP) is 1.82. The first-order valence-corrected chi connectivity index (χ1v) is 7.74. The van der Waals surface area contributed by atoms with Gasteiger partial charge in [0.1, 0.15) is 17.9 Å². The van der Waals surface area contributed by atoms with Gasteiger partial charge in [0.25, 0.3) is 11.6 Å². The van der Waals surface area contributed by atoms with Gasteiger partial charge < -0.3 is 19.5 Å². The molecular weight excluding hydrogens is 354 g/mol. The summed E-state index contributed by atoms with van der Waals surface area (Å²) in [6.07, 6.45) is 3.18. The molecule has 0 bridgehead atoms. The van der Waals surface area contributed by atoms with Crippen LogP contribution in [0, 0.1) is 22.0 Å². The van der Waals surface area contributed by atoms with Crippen molar-refractivity contribution >= 4 is 11.6 Å². The highest BCUT2D eigenvalue weighted by Gasteiger charge is 2.24. The minimum absolute atomic E-state index is 0.000726. The van der Waals surface area contributed by atoms with Crippen molar-refractivity contribution in [2.45, 2.75) is 0 Å². The zero-order valence-corrected chi connectivity index (χ0v) is 14.7. The van der Waals surface area contributed by atoms with Crippen molar-refractivity contribution in [2.24, 2.45) is 0 Å². The van der Waals surface area contributed by atoms with E-state index >= 15 is 0 Å². The Morgan fingerprint density at radius 3 is 2.63 bits per heavy atom. The molecule has 0 radical (unpaired) electrons. The SMILES string of the molecule is COc1cc(C(=O)NCC#CCOc2cccnc2)c([N+](=O)[O-])cc1OC. The van der Waals surface area contributed by atoms with E-state index in [1.807, 2.05) is 0 Å². The fourth-order valence-electron chi connectivity index (χ4n) is 2.09. The van der Waals surface area contributed by atoms with Gasteiger partial charge in [-0.2, -0.15) is 0 Å². The number of benzene rings is 1. The van der Waals surface area contributed by atoms with Gasteiger partial charge in [-0.3, -0.25) is 19.9 Å². The molecular formula is C18H17N3O6. The number of nitrogens with zero attached hydrogens (tertiary/aromatic N) is 2. The first kappa shape index (κ1) is 19.5. The summed E-state index contributed by atoms with van der Waals surface area (Å²) < 4.78 is 15.4. The van der Waals surface area contributed by atoms with E-state index in [1.54, 1.807) is 24.5 Å². The van der Waals surface area contributed by atoms with Crippen LogP contribution >= 0.6 is 0 Å². The average molecular weight is 371 g/mol. The number of methoxy groups -OCH3 is 2. The molecule has 9 heteroatoms. The number of pyridine rings is 1. The number of hydrogen-bond donors (Lipinski definition) is 1. The monoisotopic (exact) mass is 371 g/mol. The molecule has 9 nitrogen and oxygen atoms in total. The van der Waals surface area contributed by atoms with E-state index in [1.165, 1.54) is 20.3 Å². The molecule has 0 saturated heterocycles. The third-order valence-corrected chi connectivity index (χ3v) is 3.35. The molecule has 140 valence electrons. The van der Waals surface area contributed by atoms with Crippen molar-refractivity contribution in [1.82, 2.24) is 10.3 Å². The summed E-state index contributed by atoms with van der Waals surface area (Å²) in [6.45, 7) is 0.124. The Kier molecular flexibility index (Phi) is 6.96. The van der Waals surface area contributed by atoms with Gasteiger partial charge in [0.15, 0.2) is 11.5 Å². The summed E-state index contributed by atoms with van der Waals surface area (Å²) >= 11 is 0. The highest BCUT2D eigenvalue weighted by molar-refractivity contribution is 5.99. The second kappa shape index (κ2) is 9.62. The zero-order chi connectivity index (χ0) is 19.6. The van der Waals surface area contributed by atoms with Crippen molar-refractivity contribution in [1.29, 1.82) is 0 Å². The van der Waals surface area contributed by atoms with Crippen LogP contribution in [-0.4, -0.2) is 43.2 Å². The van der Waals surface area contributed by atoms with Crippen molar-refractivity contribution in [3.8, 4) is 29.1 Å². The maximum atomic E-state index is 12.3. The lowest BCUT2D eigenvalue weighted by Gasteiger charge is -2.10. The molecule has 0 unspecified atom stereocenters. The van der Waals surface area contributed by atoms with Gasteiger partial charge in [0.05, 0.1) is 38.0 Å². The standard InChI is InChI=1S/C18H17N3O6/c1-25-16-10-14(15(21(23)24)11-17(16)26-2)18(22)20-8-3-4-9-27-13-6-5-7-19-12-13/h5-7,10-12H,8-9H2,1-2H3,(H,20,22). The molecule has 0 saturated carbocycles. The van der Waals surface area contributed by atoms with Crippen LogP contribution in [0.25, 0.3) is 0 Å². The molecule has 1 aromatic heterocycles. The smallest absolute Gasteiger partial charge is 0.286 e. The molecule has 0 spiro atoms. The number of amides is 1. The second-order valence-corrected chi connectivity index (χ2v) is 5.00. The van der Waals surface area contributed by atoms with Crippen LogP contribution in [0.3, 0.4) is 0 Å². The largest absolute Gasteiger partial charge is 0.493 e. The normalized spacial score (nSPS) is 9.56. The van der Waals surface area contributed by atoms with E-state index in [0.717, 1.165) is 6.07 Å². The van der Waals surface area contributed by atoms with E-state index in [9.17, 15) is 14.9 Å². The Morgan fingerprint density at radius 1 is 1.26 bits per heavy atom. The van der Waals surface area contributed by atoms with Crippen LogP contribution in [-0.2, 0) is 0 Å². The highest BCUT2D eigenvalue weighted by atomic mass is 16.6. The highest BCUT2D eigenvalue weighted by Crippen LogP contribution is 2.34. The Hall–Kier alpha value is -3.80. The van der Waals surface area contributed by atoms with E-state index in [4.69, 9.17) is 14.2 Å². The zero-order valence-electron chi connectivity index (χ0n) is 14.7. The first-order chi connectivity index (χ1) is 13.1. The molecule has 0 atom stereocenters. The minimum atomic E-state index is -0.662. The summed E-state index contributed by atoms with van der Waals surface area (Å²) in [4.78, 5) is 26.7. The third-order valence-electron chi connectivity index (χ3n) is 3.35. The van der Waals surface area contributed by atoms with Crippen molar-refractivity contribution < 1.29 is 23.9 Å². The quantitative estimate of drug-likeness (QED) is 0.449. The van der Waals surface area contributed by atoms with Gasteiger partial charge >= 0.3 is 0 Å². The summed E-state index contributed by atoms with van der Waals surface area (Å²) in [6, 6.07) is 5.87. The minimum Gasteiger partial charge on any atom is -0.493 e. The fourth-order valence-corrected chi connectivity index (χ4v) is 2.09. The molecule has 1 N–H and O–H groups in total. The van der Waals surface area contributed by atoms with Gasteiger partial charge in [-0.15, -0.1) is 0 Å². The van der Waals surface area contributed by atoms with Gasteiger partial charge in [-0.25, -0.2) is 0 Å². The molecule has 0 aliphatic heterocycles. The molecule has 0 fully saturated rings. The summed E-state index contributed by atoms with van der Waals surface area (Å²) in [5, 5.41) is 13.7. The maximum Gasteiger partial charge on any atom is 0.286 e. The van der Waals surface area contributed by atoms with Gasteiger partial charge in [0, 0.05) is 12.3 Å². The summed E-state index contributed by atoms with van der Waals surface area (Å²) in [7, 11) is 2.73. The van der Waals surface area contributed by atoms with Crippen molar-refractivity contribution in [3.63, 3.8) is 0 Å². The van der Waals surface area contributed by atoms with Crippen LogP contribution in [0.15, 0.2) is 36.7 Å². The first-order valence-electron chi connectivity index (χ1n) is 7.74. The van der Waals surface area contributed by atoms with E-state index in [0.29, 0.717) is 5.75 Å². The van der Waals surface area contributed by atoms with Gasteiger partial charge in [0.2, 0.25) is 0 Å². The van der Waals surface area contributed by atoms with Crippen molar-refractivity contribution in [2.75, 3.05) is 27.4 Å². The molecule has 0 aliphatic rings.